The highest BCUT2D eigenvalue weighted by Gasteiger charge is 2.11. The van der Waals surface area contributed by atoms with Crippen LogP contribution in [-0.2, 0) is 13.6 Å². The van der Waals surface area contributed by atoms with Crippen LogP contribution in [0.4, 0.5) is 0 Å². The van der Waals surface area contributed by atoms with Crippen molar-refractivity contribution in [3.8, 4) is 0 Å². The van der Waals surface area contributed by atoms with E-state index >= 15 is 0 Å². The second-order valence-corrected chi connectivity index (χ2v) is 5.75. The van der Waals surface area contributed by atoms with Crippen molar-refractivity contribution in [3.05, 3.63) is 64.5 Å². The summed E-state index contributed by atoms with van der Waals surface area (Å²) in [7, 11) is 1.85. The Morgan fingerprint density at radius 3 is 2.90 bits per heavy atom. The minimum atomic E-state index is -0.101. The molecule has 2 heterocycles. The summed E-state index contributed by atoms with van der Waals surface area (Å²) in [4.78, 5) is 16.6. The molecule has 0 aliphatic carbocycles. The van der Waals surface area contributed by atoms with Gasteiger partial charge in [-0.1, -0.05) is 24.3 Å². The Balaban J connectivity index is 1.81. The first-order chi connectivity index (χ1) is 10.1. The minimum Gasteiger partial charge on any atom is -0.347 e. The zero-order valence-electron chi connectivity index (χ0n) is 11.5. The molecule has 0 atom stereocenters. The first kappa shape index (κ1) is 13.8. The monoisotopic (exact) mass is 343 g/mol. The molecule has 3 rings (SSSR count). The fourth-order valence-corrected chi connectivity index (χ4v) is 2.85. The van der Waals surface area contributed by atoms with Gasteiger partial charge in [0, 0.05) is 35.8 Å². The van der Waals surface area contributed by atoms with Crippen LogP contribution in [0.1, 0.15) is 16.1 Å². The molecule has 1 aromatic carbocycles. The van der Waals surface area contributed by atoms with Crippen molar-refractivity contribution in [2.24, 2.45) is 7.05 Å². The highest BCUT2D eigenvalue weighted by molar-refractivity contribution is 9.10. The molecule has 0 aliphatic rings. The number of aromatic nitrogens is 2. The van der Waals surface area contributed by atoms with Crippen molar-refractivity contribution < 1.29 is 4.79 Å². The van der Waals surface area contributed by atoms with Crippen LogP contribution >= 0.6 is 15.9 Å². The van der Waals surface area contributed by atoms with Gasteiger partial charge in [0.15, 0.2) is 0 Å². The molecule has 0 saturated carbocycles. The lowest BCUT2D eigenvalue weighted by Crippen LogP contribution is -2.24. The molecular formula is C16H14BrN3O. The summed E-state index contributed by atoms with van der Waals surface area (Å²) in [6.45, 7) is 0.454. The molecule has 0 unspecified atom stereocenters. The van der Waals surface area contributed by atoms with E-state index in [-0.39, 0.29) is 5.91 Å². The number of amides is 1. The summed E-state index contributed by atoms with van der Waals surface area (Å²) in [5.74, 6) is -0.101. The third-order valence-corrected chi connectivity index (χ3v) is 3.79. The van der Waals surface area contributed by atoms with Crippen LogP contribution in [-0.4, -0.2) is 15.5 Å². The van der Waals surface area contributed by atoms with Gasteiger partial charge in [0.2, 0.25) is 0 Å². The molecule has 0 aliphatic heterocycles. The standard InChI is InChI=1S/C16H14BrN3O/c1-20-10-13(17)8-14(20)16(21)19-9-12-5-2-4-11-6-3-7-18-15(11)12/h2-8,10H,9H2,1H3,(H,19,21). The third kappa shape index (κ3) is 2.83. The number of pyridine rings is 1. The van der Waals surface area contributed by atoms with Gasteiger partial charge in [0.05, 0.1) is 5.52 Å². The Bertz CT molecular complexity index is 805. The van der Waals surface area contributed by atoms with E-state index < -0.39 is 0 Å². The van der Waals surface area contributed by atoms with Crippen molar-refractivity contribution >= 4 is 32.7 Å². The molecule has 4 nitrogen and oxygen atoms in total. The maximum absolute atomic E-state index is 12.2. The lowest BCUT2D eigenvalue weighted by Gasteiger charge is -2.08. The summed E-state index contributed by atoms with van der Waals surface area (Å²) >= 11 is 3.37. The molecule has 0 spiro atoms. The van der Waals surface area contributed by atoms with Crippen LogP contribution in [0.15, 0.2) is 53.3 Å². The van der Waals surface area contributed by atoms with Gasteiger partial charge in [-0.05, 0) is 33.6 Å². The maximum Gasteiger partial charge on any atom is 0.268 e. The van der Waals surface area contributed by atoms with Gasteiger partial charge in [0.25, 0.3) is 5.91 Å². The molecule has 0 saturated heterocycles. The van der Waals surface area contributed by atoms with E-state index in [0.717, 1.165) is 20.9 Å². The fraction of sp³-hybridized carbons (Fsp3) is 0.125. The van der Waals surface area contributed by atoms with Gasteiger partial charge >= 0.3 is 0 Å². The van der Waals surface area contributed by atoms with Crippen LogP contribution in [0.5, 0.6) is 0 Å². The summed E-state index contributed by atoms with van der Waals surface area (Å²) in [6, 6.07) is 11.7. The van der Waals surface area contributed by atoms with Crippen LogP contribution in [0.3, 0.4) is 0 Å². The number of hydrogen-bond acceptors (Lipinski definition) is 2. The maximum atomic E-state index is 12.2. The van der Waals surface area contributed by atoms with E-state index in [4.69, 9.17) is 0 Å². The Morgan fingerprint density at radius 2 is 2.14 bits per heavy atom. The summed E-state index contributed by atoms with van der Waals surface area (Å²) in [5, 5.41) is 4.02. The quantitative estimate of drug-likeness (QED) is 0.793. The predicted molar refractivity (Wildman–Crippen MR) is 86.0 cm³/mol. The predicted octanol–water partition coefficient (Wildman–Crippen LogP) is 3.27. The highest BCUT2D eigenvalue weighted by atomic mass is 79.9. The zero-order valence-corrected chi connectivity index (χ0v) is 13.1. The normalized spacial score (nSPS) is 10.8. The van der Waals surface area contributed by atoms with Crippen molar-refractivity contribution in [2.45, 2.75) is 6.54 Å². The molecule has 1 amide bonds. The largest absolute Gasteiger partial charge is 0.347 e. The van der Waals surface area contributed by atoms with Gasteiger partial charge < -0.3 is 9.88 Å². The van der Waals surface area contributed by atoms with Gasteiger partial charge in [-0.25, -0.2) is 0 Å². The molecule has 21 heavy (non-hydrogen) atoms. The molecule has 0 bridgehead atoms. The molecule has 1 N–H and O–H groups in total. The average Bonchev–Trinajstić information content (AvgIpc) is 2.83. The van der Waals surface area contributed by atoms with Crippen LogP contribution in [0, 0.1) is 0 Å². The number of halogens is 1. The van der Waals surface area contributed by atoms with E-state index in [1.807, 2.05) is 43.6 Å². The van der Waals surface area contributed by atoms with Crippen molar-refractivity contribution in [1.29, 1.82) is 0 Å². The number of nitrogens with zero attached hydrogens (tertiary/aromatic N) is 2. The number of benzene rings is 1. The van der Waals surface area contributed by atoms with E-state index in [1.165, 1.54) is 0 Å². The SMILES string of the molecule is Cn1cc(Br)cc1C(=O)NCc1cccc2cccnc12. The van der Waals surface area contributed by atoms with E-state index in [9.17, 15) is 4.79 Å². The number of carbonyl (C=O) groups is 1. The number of rotatable bonds is 3. The summed E-state index contributed by atoms with van der Waals surface area (Å²) in [5.41, 5.74) is 2.55. The summed E-state index contributed by atoms with van der Waals surface area (Å²) in [6.07, 6.45) is 3.62. The smallest absolute Gasteiger partial charge is 0.268 e. The van der Waals surface area contributed by atoms with Crippen molar-refractivity contribution in [1.82, 2.24) is 14.9 Å². The van der Waals surface area contributed by atoms with Crippen LogP contribution < -0.4 is 5.32 Å². The summed E-state index contributed by atoms with van der Waals surface area (Å²) < 4.78 is 2.68. The third-order valence-electron chi connectivity index (χ3n) is 3.36. The molecule has 0 radical (unpaired) electrons. The van der Waals surface area contributed by atoms with Crippen LogP contribution in [0.25, 0.3) is 10.9 Å². The Hall–Kier alpha value is -2.14. The molecule has 3 aromatic rings. The number of hydrogen-bond donors (Lipinski definition) is 1. The van der Waals surface area contributed by atoms with E-state index in [1.54, 1.807) is 16.8 Å². The Kier molecular flexibility index (Phi) is 3.75. The lowest BCUT2D eigenvalue weighted by molar-refractivity contribution is 0.0943. The Morgan fingerprint density at radius 1 is 1.33 bits per heavy atom. The second-order valence-electron chi connectivity index (χ2n) is 4.83. The Labute approximate surface area is 130 Å². The number of fused-ring (bicyclic) bond motifs is 1. The van der Waals surface area contributed by atoms with E-state index in [2.05, 4.69) is 26.2 Å². The lowest BCUT2D eigenvalue weighted by atomic mass is 10.1. The fourth-order valence-electron chi connectivity index (χ4n) is 2.33. The molecule has 106 valence electrons. The van der Waals surface area contributed by atoms with E-state index in [0.29, 0.717) is 12.2 Å². The van der Waals surface area contributed by atoms with Crippen LogP contribution in [0.2, 0.25) is 0 Å². The zero-order chi connectivity index (χ0) is 14.8. The van der Waals surface area contributed by atoms with Gasteiger partial charge in [-0.3, -0.25) is 9.78 Å². The molecule has 0 fully saturated rings. The van der Waals surface area contributed by atoms with Gasteiger partial charge in [-0.2, -0.15) is 0 Å². The van der Waals surface area contributed by atoms with Crippen molar-refractivity contribution in [2.75, 3.05) is 0 Å². The van der Waals surface area contributed by atoms with Gasteiger partial charge in [-0.15, -0.1) is 0 Å². The number of carbonyl (C=O) groups excluding carboxylic acids is 1. The molecule has 5 heteroatoms. The number of nitrogens with one attached hydrogen (secondary N) is 1. The highest BCUT2D eigenvalue weighted by Crippen LogP contribution is 2.16. The molecule has 2 aromatic heterocycles. The number of para-hydroxylation sites is 1. The first-order valence-electron chi connectivity index (χ1n) is 6.58. The number of aryl methyl sites for hydroxylation is 1. The topological polar surface area (TPSA) is 46.9 Å². The molecular weight excluding hydrogens is 330 g/mol. The van der Waals surface area contributed by atoms with Gasteiger partial charge in [0.1, 0.15) is 5.69 Å². The van der Waals surface area contributed by atoms with Crippen molar-refractivity contribution in [3.63, 3.8) is 0 Å². The first-order valence-corrected chi connectivity index (χ1v) is 7.37. The second kappa shape index (κ2) is 5.69. The minimum absolute atomic E-state index is 0.101. The average molecular weight is 344 g/mol.